The fourth-order valence-corrected chi connectivity index (χ4v) is 6.61. The lowest BCUT2D eigenvalue weighted by molar-refractivity contribution is 0.267. The van der Waals surface area contributed by atoms with Crippen LogP contribution >= 0.6 is 0 Å². The minimum Gasteiger partial charge on any atom is -0.299 e. The Morgan fingerprint density at radius 1 is 1.00 bits per heavy atom. The highest BCUT2D eigenvalue weighted by Crippen LogP contribution is 2.34. The Hall–Kier alpha value is -1.76. The van der Waals surface area contributed by atoms with E-state index in [9.17, 15) is 8.42 Å². The van der Waals surface area contributed by atoms with Gasteiger partial charge in [0, 0.05) is 32.0 Å². The third-order valence-corrected chi connectivity index (χ3v) is 8.31. The number of rotatable bonds is 5. The van der Waals surface area contributed by atoms with Gasteiger partial charge in [0.05, 0.1) is 5.25 Å². The fourth-order valence-electron chi connectivity index (χ4n) is 4.37. The van der Waals surface area contributed by atoms with E-state index in [2.05, 4.69) is 28.1 Å². The van der Waals surface area contributed by atoms with Gasteiger partial charge in [0.1, 0.15) is 0 Å². The quantitative estimate of drug-likeness (QED) is 0.794. The summed E-state index contributed by atoms with van der Waals surface area (Å²) in [6.45, 7) is 3.92. The van der Waals surface area contributed by atoms with Gasteiger partial charge in [-0.1, -0.05) is 36.4 Å². The molecule has 0 N–H and O–H groups in total. The SMILES string of the molecule is O=S1(=O)[C@@H]2CCN(Cc3cccnc3)CC[C@@H]2CN1CCc1ccccc1. The van der Waals surface area contributed by atoms with Crippen molar-refractivity contribution in [3.8, 4) is 0 Å². The molecule has 0 aliphatic carbocycles. The number of fused-ring (bicyclic) bond motifs is 1. The van der Waals surface area contributed by atoms with E-state index in [-0.39, 0.29) is 11.2 Å². The van der Waals surface area contributed by atoms with Gasteiger partial charge in [-0.05, 0) is 55.5 Å². The summed E-state index contributed by atoms with van der Waals surface area (Å²) < 4.78 is 27.9. The molecule has 2 saturated heterocycles. The molecule has 0 unspecified atom stereocenters. The summed E-state index contributed by atoms with van der Waals surface area (Å²) >= 11 is 0. The topological polar surface area (TPSA) is 53.5 Å². The zero-order valence-electron chi connectivity index (χ0n) is 15.6. The second-order valence-electron chi connectivity index (χ2n) is 7.65. The Balaban J connectivity index is 1.37. The van der Waals surface area contributed by atoms with Crippen LogP contribution in [0.1, 0.15) is 24.0 Å². The van der Waals surface area contributed by atoms with Crippen molar-refractivity contribution < 1.29 is 8.42 Å². The highest BCUT2D eigenvalue weighted by molar-refractivity contribution is 7.90. The van der Waals surface area contributed by atoms with Gasteiger partial charge in [-0.15, -0.1) is 0 Å². The van der Waals surface area contributed by atoms with Gasteiger partial charge in [0.2, 0.25) is 10.0 Å². The molecule has 27 heavy (non-hydrogen) atoms. The van der Waals surface area contributed by atoms with Crippen LogP contribution in [0.3, 0.4) is 0 Å². The summed E-state index contributed by atoms with van der Waals surface area (Å²) in [4.78, 5) is 6.55. The molecular formula is C21H27N3O2S. The summed E-state index contributed by atoms with van der Waals surface area (Å²) in [5, 5.41) is -0.216. The molecule has 2 fully saturated rings. The predicted molar refractivity (Wildman–Crippen MR) is 107 cm³/mol. The molecule has 144 valence electrons. The van der Waals surface area contributed by atoms with Crippen LogP contribution in [0.15, 0.2) is 54.9 Å². The van der Waals surface area contributed by atoms with Crippen molar-refractivity contribution in [2.45, 2.75) is 31.1 Å². The number of hydrogen-bond acceptors (Lipinski definition) is 4. The number of sulfonamides is 1. The van der Waals surface area contributed by atoms with Gasteiger partial charge in [-0.3, -0.25) is 9.88 Å². The van der Waals surface area contributed by atoms with Crippen molar-refractivity contribution in [2.75, 3.05) is 26.2 Å². The van der Waals surface area contributed by atoms with Crippen LogP contribution in [-0.4, -0.2) is 54.0 Å². The zero-order chi connectivity index (χ0) is 18.7. The molecule has 3 heterocycles. The molecule has 2 aliphatic rings. The van der Waals surface area contributed by atoms with E-state index in [1.54, 1.807) is 10.5 Å². The molecule has 2 atom stereocenters. The standard InChI is InChI=1S/C21H27N3O2S/c25-27(26)21-10-13-23(16-19-7-4-11-22-15-19)12-9-20(21)17-24(27)14-8-18-5-2-1-3-6-18/h1-7,11,15,20-21H,8-10,12-14,16-17H2/t20-,21-/m1/s1. The van der Waals surface area contributed by atoms with Gasteiger partial charge in [-0.25, -0.2) is 12.7 Å². The van der Waals surface area contributed by atoms with Crippen LogP contribution in [0.5, 0.6) is 0 Å². The summed E-state index contributed by atoms with van der Waals surface area (Å²) in [7, 11) is -3.18. The normalized spacial score (nSPS) is 25.8. The van der Waals surface area contributed by atoms with Crippen LogP contribution < -0.4 is 0 Å². The maximum absolute atomic E-state index is 13.1. The lowest BCUT2D eigenvalue weighted by atomic mass is 10.0. The van der Waals surface area contributed by atoms with E-state index in [0.29, 0.717) is 13.1 Å². The van der Waals surface area contributed by atoms with Crippen molar-refractivity contribution in [1.82, 2.24) is 14.2 Å². The first-order chi connectivity index (χ1) is 13.1. The van der Waals surface area contributed by atoms with Crippen molar-refractivity contribution >= 4 is 10.0 Å². The second-order valence-corrected chi connectivity index (χ2v) is 9.80. The second kappa shape index (κ2) is 8.09. The molecule has 1 aromatic carbocycles. The van der Waals surface area contributed by atoms with Gasteiger partial charge >= 0.3 is 0 Å². The van der Waals surface area contributed by atoms with E-state index < -0.39 is 10.0 Å². The molecule has 0 radical (unpaired) electrons. The maximum atomic E-state index is 13.1. The Kier molecular flexibility index (Phi) is 5.57. The molecule has 0 spiro atoms. The van der Waals surface area contributed by atoms with Gasteiger partial charge in [-0.2, -0.15) is 0 Å². The number of hydrogen-bond donors (Lipinski definition) is 0. The average Bonchev–Trinajstić information content (AvgIpc) is 2.81. The molecule has 5 nitrogen and oxygen atoms in total. The summed E-state index contributed by atoms with van der Waals surface area (Å²) in [6, 6.07) is 14.2. The lowest BCUT2D eigenvalue weighted by Crippen LogP contribution is -2.33. The molecule has 2 aliphatic heterocycles. The average molecular weight is 386 g/mol. The number of pyridine rings is 1. The van der Waals surface area contributed by atoms with E-state index >= 15 is 0 Å². The Bertz CT molecular complexity index is 842. The van der Waals surface area contributed by atoms with Crippen molar-refractivity contribution in [1.29, 1.82) is 0 Å². The van der Waals surface area contributed by atoms with Crippen molar-refractivity contribution in [3.05, 3.63) is 66.0 Å². The number of likely N-dealkylation sites (tertiary alicyclic amines) is 1. The molecule has 6 heteroatoms. The first-order valence-electron chi connectivity index (χ1n) is 9.77. The maximum Gasteiger partial charge on any atom is 0.217 e. The Morgan fingerprint density at radius 2 is 1.78 bits per heavy atom. The lowest BCUT2D eigenvalue weighted by Gasteiger charge is -2.21. The summed E-state index contributed by atoms with van der Waals surface area (Å²) in [5.74, 6) is 0.254. The summed E-state index contributed by atoms with van der Waals surface area (Å²) in [6.07, 6.45) is 6.15. The van der Waals surface area contributed by atoms with Crippen molar-refractivity contribution in [2.24, 2.45) is 5.92 Å². The largest absolute Gasteiger partial charge is 0.299 e. The van der Waals surface area contributed by atoms with Crippen LogP contribution in [0.2, 0.25) is 0 Å². The number of benzene rings is 1. The smallest absolute Gasteiger partial charge is 0.217 e. The van der Waals surface area contributed by atoms with Crippen LogP contribution in [-0.2, 0) is 23.0 Å². The van der Waals surface area contributed by atoms with Gasteiger partial charge in [0.15, 0.2) is 0 Å². The molecule has 1 aromatic heterocycles. The van der Waals surface area contributed by atoms with E-state index in [1.807, 2.05) is 30.5 Å². The fraction of sp³-hybridized carbons (Fsp3) is 0.476. The first kappa shape index (κ1) is 18.6. The third kappa shape index (κ3) is 4.23. The Morgan fingerprint density at radius 3 is 2.56 bits per heavy atom. The van der Waals surface area contributed by atoms with Crippen molar-refractivity contribution in [3.63, 3.8) is 0 Å². The van der Waals surface area contributed by atoms with E-state index in [1.165, 1.54) is 11.1 Å². The van der Waals surface area contributed by atoms with E-state index in [4.69, 9.17) is 0 Å². The highest BCUT2D eigenvalue weighted by Gasteiger charge is 2.46. The number of aromatic nitrogens is 1. The predicted octanol–water partition coefficient (Wildman–Crippen LogP) is 2.55. The van der Waals surface area contributed by atoms with Gasteiger partial charge in [0.25, 0.3) is 0 Å². The third-order valence-electron chi connectivity index (χ3n) is 5.87. The highest BCUT2D eigenvalue weighted by atomic mass is 32.2. The molecule has 4 rings (SSSR count). The minimum absolute atomic E-state index is 0.216. The molecule has 0 amide bonds. The monoisotopic (exact) mass is 385 g/mol. The van der Waals surface area contributed by atoms with Crippen LogP contribution in [0.25, 0.3) is 0 Å². The van der Waals surface area contributed by atoms with Crippen LogP contribution in [0, 0.1) is 5.92 Å². The zero-order valence-corrected chi connectivity index (χ0v) is 16.4. The number of nitrogens with zero attached hydrogens (tertiary/aromatic N) is 3. The summed E-state index contributed by atoms with van der Waals surface area (Å²) in [5.41, 5.74) is 2.39. The molecule has 0 bridgehead atoms. The Labute approximate surface area is 162 Å². The van der Waals surface area contributed by atoms with E-state index in [0.717, 1.165) is 38.9 Å². The molecule has 2 aromatic rings. The first-order valence-corrected chi connectivity index (χ1v) is 11.3. The minimum atomic E-state index is -3.18. The molecular weight excluding hydrogens is 358 g/mol. The van der Waals surface area contributed by atoms with Gasteiger partial charge < -0.3 is 0 Å². The van der Waals surface area contributed by atoms with Crippen LogP contribution in [0.4, 0.5) is 0 Å². The molecule has 0 saturated carbocycles.